The quantitative estimate of drug-likeness (QED) is 0.589. The molecule has 0 aliphatic heterocycles. The number of nitrogens with one attached hydrogen (secondary N) is 1. The van der Waals surface area contributed by atoms with Gasteiger partial charge in [-0.2, -0.15) is 0 Å². The van der Waals surface area contributed by atoms with Crippen molar-refractivity contribution in [1.29, 1.82) is 0 Å². The molecule has 0 fully saturated rings. The maximum atomic E-state index is 11.2. The van der Waals surface area contributed by atoms with Crippen molar-refractivity contribution in [2.45, 2.75) is 38.1 Å². The molecular weight excluding hydrogens is 260 g/mol. The molecule has 1 aromatic carbocycles. The minimum Gasteiger partial charge on any atom is -0.271 e. The van der Waals surface area contributed by atoms with Crippen LogP contribution in [0.4, 0.5) is 0 Å². The molecule has 1 atom stereocenters. The fourth-order valence-corrected chi connectivity index (χ4v) is 2.96. The lowest BCUT2D eigenvalue weighted by molar-refractivity contribution is 0.324. The maximum Gasteiger partial charge on any atom is 0.147 e. The number of nitrogens with two attached hydrogens (primary N) is 1. The third-order valence-electron chi connectivity index (χ3n) is 3.60. The largest absolute Gasteiger partial charge is 0.271 e. The van der Waals surface area contributed by atoms with Gasteiger partial charge < -0.3 is 0 Å². The molecule has 0 saturated heterocycles. The Bertz CT molecular complexity index is 483. The minimum atomic E-state index is -2.91. The van der Waals surface area contributed by atoms with Crippen molar-refractivity contribution >= 4 is 9.84 Å². The molecule has 1 unspecified atom stereocenters. The Hall–Kier alpha value is -0.910. The second-order valence-corrected chi connectivity index (χ2v) is 7.84. The van der Waals surface area contributed by atoms with Crippen LogP contribution in [0.1, 0.15) is 32.3 Å². The zero-order valence-electron chi connectivity index (χ0n) is 11.9. The van der Waals surface area contributed by atoms with Crippen LogP contribution in [0, 0.1) is 0 Å². The van der Waals surface area contributed by atoms with Crippen molar-refractivity contribution < 1.29 is 8.42 Å². The highest BCUT2D eigenvalue weighted by Gasteiger charge is 2.30. The van der Waals surface area contributed by atoms with Gasteiger partial charge in [-0.1, -0.05) is 44.2 Å². The second-order valence-electron chi connectivity index (χ2n) is 5.58. The van der Waals surface area contributed by atoms with Crippen molar-refractivity contribution in [3.8, 4) is 0 Å². The zero-order chi connectivity index (χ0) is 14.5. The molecule has 5 heteroatoms. The molecule has 1 aromatic rings. The van der Waals surface area contributed by atoms with E-state index in [1.54, 1.807) is 0 Å². The summed E-state index contributed by atoms with van der Waals surface area (Å²) in [5.41, 5.74) is 3.88. The predicted octanol–water partition coefficient (Wildman–Crippen LogP) is 1.62. The van der Waals surface area contributed by atoms with Gasteiger partial charge >= 0.3 is 0 Å². The van der Waals surface area contributed by atoms with Gasteiger partial charge in [-0.3, -0.25) is 11.3 Å². The van der Waals surface area contributed by atoms with Crippen LogP contribution in [0.25, 0.3) is 0 Å². The van der Waals surface area contributed by atoms with E-state index in [4.69, 9.17) is 5.84 Å². The van der Waals surface area contributed by atoms with Gasteiger partial charge in [0.1, 0.15) is 9.84 Å². The number of hydrazine groups is 1. The van der Waals surface area contributed by atoms with E-state index < -0.39 is 9.84 Å². The number of benzene rings is 1. The maximum absolute atomic E-state index is 11.2. The van der Waals surface area contributed by atoms with E-state index in [9.17, 15) is 8.42 Å². The summed E-state index contributed by atoms with van der Waals surface area (Å²) in [6.45, 7) is 4.24. The van der Waals surface area contributed by atoms with Gasteiger partial charge in [-0.15, -0.1) is 0 Å². The summed E-state index contributed by atoms with van der Waals surface area (Å²) in [7, 11) is -2.91. The van der Waals surface area contributed by atoms with Crippen LogP contribution in [-0.2, 0) is 15.3 Å². The molecule has 1 rings (SSSR count). The van der Waals surface area contributed by atoms with Crippen LogP contribution >= 0.6 is 0 Å². The standard InChI is InChI=1S/C14H24N2O2S/c1-14(2,12-8-5-4-6-9-12)13(16-15)10-7-11-19(3,17)18/h4-6,8-9,13,16H,7,10-11,15H2,1-3H3. The summed E-state index contributed by atoms with van der Waals surface area (Å²) in [5.74, 6) is 5.85. The fourth-order valence-electron chi connectivity index (χ4n) is 2.27. The molecule has 0 radical (unpaired) electrons. The molecule has 0 bridgehead atoms. The lowest BCUT2D eigenvalue weighted by atomic mass is 9.76. The van der Waals surface area contributed by atoms with Crippen LogP contribution in [0.5, 0.6) is 0 Å². The van der Waals surface area contributed by atoms with Gasteiger partial charge in [0.15, 0.2) is 0 Å². The summed E-state index contributed by atoms with van der Waals surface area (Å²) in [6, 6.07) is 10.2. The first kappa shape index (κ1) is 16.1. The summed E-state index contributed by atoms with van der Waals surface area (Å²) < 4.78 is 22.3. The van der Waals surface area contributed by atoms with E-state index in [1.165, 1.54) is 11.8 Å². The number of sulfone groups is 1. The SMILES string of the molecule is CC(C)(c1ccccc1)C(CCCS(C)(=O)=O)NN. The minimum absolute atomic E-state index is 0.0386. The third-order valence-corrected chi connectivity index (χ3v) is 4.63. The van der Waals surface area contributed by atoms with Gasteiger partial charge in [0.25, 0.3) is 0 Å². The molecule has 4 nitrogen and oxygen atoms in total. The van der Waals surface area contributed by atoms with E-state index in [0.717, 1.165) is 6.42 Å². The lowest BCUT2D eigenvalue weighted by Crippen LogP contribution is -2.48. The van der Waals surface area contributed by atoms with Gasteiger partial charge in [0.2, 0.25) is 0 Å². The first-order chi connectivity index (χ1) is 8.77. The second kappa shape index (κ2) is 6.50. The molecule has 0 aliphatic carbocycles. The van der Waals surface area contributed by atoms with Crippen molar-refractivity contribution in [2.75, 3.05) is 12.0 Å². The molecule has 0 amide bonds. The Morgan fingerprint density at radius 2 is 1.84 bits per heavy atom. The number of hydrogen-bond acceptors (Lipinski definition) is 4. The van der Waals surface area contributed by atoms with Gasteiger partial charge in [-0.25, -0.2) is 8.42 Å². The highest BCUT2D eigenvalue weighted by Crippen LogP contribution is 2.29. The van der Waals surface area contributed by atoms with E-state index in [0.29, 0.717) is 6.42 Å². The van der Waals surface area contributed by atoms with Crippen molar-refractivity contribution in [1.82, 2.24) is 5.43 Å². The van der Waals surface area contributed by atoms with Gasteiger partial charge in [0, 0.05) is 23.5 Å². The third kappa shape index (κ3) is 4.93. The molecule has 19 heavy (non-hydrogen) atoms. The Balaban J connectivity index is 2.73. The van der Waals surface area contributed by atoms with Crippen LogP contribution in [-0.4, -0.2) is 26.5 Å². The normalized spacial score (nSPS) is 14.3. The topological polar surface area (TPSA) is 72.2 Å². The first-order valence-corrected chi connectivity index (χ1v) is 8.53. The Labute approximate surface area is 116 Å². The van der Waals surface area contributed by atoms with Crippen LogP contribution < -0.4 is 11.3 Å². The van der Waals surface area contributed by atoms with Crippen molar-refractivity contribution in [2.24, 2.45) is 5.84 Å². The van der Waals surface area contributed by atoms with E-state index in [2.05, 4.69) is 31.4 Å². The molecule has 0 saturated carbocycles. The van der Waals surface area contributed by atoms with Crippen LogP contribution in [0.3, 0.4) is 0 Å². The Kier molecular flexibility index (Phi) is 5.52. The molecule has 108 valence electrons. The first-order valence-electron chi connectivity index (χ1n) is 6.47. The van der Waals surface area contributed by atoms with E-state index in [1.807, 2.05) is 18.2 Å². The average Bonchev–Trinajstić information content (AvgIpc) is 2.34. The lowest BCUT2D eigenvalue weighted by Gasteiger charge is -2.34. The van der Waals surface area contributed by atoms with E-state index >= 15 is 0 Å². The molecular formula is C14H24N2O2S. The molecule has 0 heterocycles. The van der Waals surface area contributed by atoms with Gasteiger partial charge in [-0.05, 0) is 18.4 Å². The zero-order valence-corrected chi connectivity index (χ0v) is 12.7. The van der Waals surface area contributed by atoms with Gasteiger partial charge in [0.05, 0.1) is 0 Å². The smallest absolute Gasteiger partial charge is 0.147 e. The monoisotopic (exact) mass is 284 g/mol. The molecule has 0 spiro atoms. The Morgan fingerprint density at radius 3 is 2.32 bits per heavy atom. The van der Waals surface area contributed by atoms with Crippen LogP contribution in [0.15, 0.2) is 30.3 Å². The summed E-state index contributed by atoms with van der Waals surface area (Å²) in [5, 5.41) is 0. The number of rotatable bonds is 7. The number of hydrogen-bond donors (Lipinski definition) is 2. The summed E-state index contributed by atoms with van der Waals surface area (Å²) in [4.78, 5) is 0. The Morgan fingerprint density at radius 1 is 1.26 bits per heavy atom. The molecule has 0 aliphatic rings. The highest BCUT2D eigenvalue weighted by atomic mass is 32.2. The van der Waals surface area contributed by atoms with E-state index in [-0.39, 0.29) is 17.2 Å². The van der Waals surface area contributed by atoms with Crippen molar-refractivity contribution in [3.05, 3.63) is 35.9 Å². The van der Waals surface area contributed by atoms with Crippen molar-refractivity contribution in [3.63, 3.8) is 0 Å². The average molecular weight is 284 g/mol. The predicted molar refractivity (Wildman–Crippen MR) is 79.5 cm³/mol. The summed E-state index contributed by atoms with van der Waals surface area (Å²) >= 11 is 0. The summed E-state index contributed by atoms with van der Waals surface area (Å²) in [6.07, 6.45) is 2.61. The highest BCUT2D eigenvalue weighted by molar-refractivity contribution is 7.90. The van der Waals surface area contributed by atoms with Crippen LogP contribution in [0.2, 0.25) is 0 Å². The molecule has 0 aromatic heterocycles. The fraction of sp³-hybridized carbons (Fsp3) is 0.571. The molecule has 3 N–H and O–H groups in total.